The molecule has 7 heteroatoms. The van der Waals surface area contributed by atoms with Crippen LogP contribution < -0.4 is 16.4 Å². The number of carbonyl (C=O) groups excluding carboxylic acids is 1. The molecule has 7 nitrogen and oxygen atoms in total. The molecule has 0 saturated carbocycles. The SMILES string of the molecule is COCCNC(=O)C(C)Nc1ccc(C(=O)O)c(N)c1. The maximum absolute atomic E-state index is 11.7. The Bertz CT molecular complexity index is 491. The first-order valence-electron chi connectivity index (χ1n) is 6.11. The minimum Gasteiger partial charge on any atom is -0.478 e. The molecular weight excluding hydrogens is 262 g/mol. The van der Waals surface area contributed by atoms with E-state index in [9.17, 15) is 9.59 Å². The fourth-order valence-electron chi connectivity index (χ4n) is 1.59. The quantitative estimate of drug-likeness (QED) is 0.428. The molecule has 0 fully saturated rings. The summed E-state index contributed by atoms with van der Waals surface area (Å²) < 4.78 is 4.83. The summed E-state index contributed by atoms with van der Waals surface area (Å²) in [6, 6.07) is 3.98. The number of ether oxygens (including phenoxy) is 1. The van der Waals surface area contributed by atoms with Crippen LogP contribution in [0.1, 0.15) is 17.3 Å². The van der Waals surface area contributed by atoms with Gasteiger partial charge < -0.3 is 26.2 Å². The molecule has 0 spiro atoms. The van der Waals surface area contributed by atoms with Gasteiger partial charge in [-0.05, 0) is 25.1 Å². The molecule has 0 aliphatic carbocycles. The Morgan fingerprint density at radius 1 is 1.45 bits per heavy atom. The maximum atomic E-state index is 11.7. The van der Waals surface area contributed by atoms with E-state index in [0.29, 0.717) is 18.8 Å². The normalized spacial score (nSPS) is 11.7. The first kappa shape index (κ1) is 15.8. The van der Waals surface area contributed by atoms with Gasteiger partial charge in [-0.1, -0.05) is 0 Å². The van der Waals surface area contributed by atoms with Gasteiger partial charge in [-0.25, -0.2) is 4.79 Å². The van der Waals surface area contributed by atoms with Crippen molar-refractivity contribution in [3.63, 3.8) is 0 Å². The third kappa shape index (κ3) is 4.43. The predicted octanol–water partition coefficient (Wildman–Crippen LogP) is 0.530. The zero-order valence-corrected chi connectivity index (χ0v) is 11.5. The van der Waals surface area contributed by atoms with Gasteiger partial charge in [-0.2, -0.15) is 0 Å². The van der Waals surface area contributed by atoms with E-state index in [2.05, 4.69) is 10.6 Å². The molecule has 5 N–H and O–H groups in total. The highest BCUT2D eigenvalue weighted by Gasteiger charge is 2.13. The van der Waals surface area contributed by atoms with Crippen LogP contribution in [0.5, 0.6) is 0 Å². The lowest BCUT2D eigenvalue weighted by atomic mass is 10.1. The molecule has 0 aromatic heterocycles. The van der Waals surface area contributed by atoms with Crippen molar-refractivity contribution in [3.05, 3.63) is 23.8 Å². The number of hydrogen-bond acceptors (Lipinski definition) is 5. The number of nitrogens with two attached hydrogens (primary N) is 1. The zero-order valence-electron chi connectivity index (χ0n) is 11.5. The lowest BCUT2D eigenvalue weighted by Gasteiger charge is -2.16. The first-order valence-corrected chi connectivity index (χ1v) is 6.11. The number of amides is 1. The average molecular weight is 281 g/mol. The molecule has 0 aliphatic heterocycles. The Kier molecular flexibility index (Phi) is 5.79. The van der Waals surface area contributed by atoms with Gasteiger partial charge in [0.25, 0.3) is 0 Å². The van der Waals surface area contributed by atoms with Crippen LogP contribution in [0.15, 0.2) is 18.2 Å². The summed E-state index contributed by atoms with van der Waals surface area (Å²) in [5.41, 5.74) is 6.40. The number of rotatable bonds is 7. The second kappa shape index (κ2) is 7.34. The zero-order chi connectivity index (χ0) is 15.1. The van der Waals surface area contributed by atoms with E-state index in [-0.39, 0.29) is 17.2 Å². The van der Waals surface area contributed by atoms with Gasteiger partial charge >= 0.3 is 5.97 Å². The Morgan fingerprint density at radius 3 is 2.70 bits per heavy atom. The van der Waals surface area contributed by atoms with Crippen molar-refractivity contribution in [2.24, 2.45) is 0 Å². The highest BCUT2D eigenvalue weighted by atomic mass is 16.5. The number of methoxy groups -OCH3 is 1. The molecule has 0 heterocycles. The van der Waals surface area contributed by atoms with Gasteiger partial charge in [0, 0.05) is 25.0 Å². The standard InChI is InChI=1S/C13H19N3O4/c1-8(12(17)15-5-6-20-2)16-9-3-4-10(13(18)19)11(14)7-9/h3-4,7-8,16H,5-6,14H2,1-2H3,(H,15,17)(H,18,19). The van der Waals surface area contributed by atoms with Gasteiger partial charge in [-0.15, -0.1) is 0 Å². The van der Waals surface area contributed by atoms with Crippen LogP contribution in [0.25, 0.3) is 0 Å². The Hall–Kier alpha value is -2.28. The first-order chi connectivity index (χ1) is 9.45. The van der Waals surface area contributed by atoms with E-state index >= 15 is 0 Å². The summed E-state index contributed by atoms with van der Waals surface area (Å²) in [5, 5.41) is 14.5. The molecule has 0 bridgehead atoms. The van der Waals surface area contributed by atoms with Crippen LogP contribution in [0, 0.1) is 0 Å². The van der Waals surface area contributed by atoms with Gasteiger partial charge in [0.1, 0.15) is 6.04 Å². The number of benzene rings is 1. The largest absolute Gasteiger partial charge is 0.478 e. The van der Waals surface area contributed by atoms with Crippen molar-refractivity contribution in [2.75, 3.05) is 31.3 Å². The topological polar surface area (TPSA) is 114 Å². The van der Waals surface area contributed by atoms with Crippen LogP contribution >= 0.6 is 0 Å². The number of nitrogen functional groups attached to an aromatic ring is 1. The van der Waals surface area contributed by atoms with Crippen LogP contribution in [0.2, 0.25) is 0 Å². The van der Waals surface area contributed by atoms with E-state index in [1.54, 1.807) is 20.1 Å². The highest BCUT2D eigenvalue weighted by Crippen LogP contribution is 2.18. The average Bonchev–Trinajstić information content (AvgIpc) is 2.38. The molecule has 20 heavy (non-hydrogen) atoms. The number of hydrogen-bond donors (Lipinski definition) is 4. The third-order valence-electron chi connectivity index (χ3n) is 2.66. The number of carboxylic acid groups (broad SMARTS) is 1. The van der Waals surface area contributed by atoms with E-state index in [4.69, 9.17) is 15.6 Å². The molecule has 1 atom stereocenters. The third-order valence-corrected chi connectivity index (χ3v) is 2.66. The van der Waals surface area contributed by atoms with Crippen molar-refractivity contribution in [3.8, 4) is 0 Å². The monoisotopic (exact) mass is 281 g/mol. The molecule has 1 aromatic carbocycles. The fraction of sp³-hybridized carbons (Fsp3) is 0.385. The van der Waals surface area contributed by atoms with Gasteiger partial charge in [-0.3, -0.25) is 4.79 Å². The van der Waals surface area contributed by atoms with E-state index in [1.807, 2.05) is 0 Å². The molecule has 1 amide bonds. The van der Waals surface area contributed by atoms with Gasteiger partial charge in [0.15, 0.2) is 0 Å². The van der Waals surface area contributed by atoms with Crippen LogP contribution in [0.4, 0.5) is 11.4 Å². The minimum absolute atomic E-state index is 0.0350. The van der Waals surface area contributed by atoms with Crippen LogP contribution in [-0.2, 0) is 9.53 Å². The molecule has 0 aliphatic rings. The summed E-state index contributed by atoms with van der Waals surface area (Å²) in [4.78, 5) is 22.6. The molecule has 1 aromatic rings. The fourth-order valence-corrected chi connectivity index (χ4v) is 1.59. The Morgan fingerprint density at radius 2 is 2.15 bits per heavy atom. The molecule has 0 saturated heterocycles. The number of anilines is 2. The number of aromatic carboxylic acids is 1. The molecule has 110 valence electrons. The van der Waals surface area contributed by atoms with Crippen molar-refractivity contribution in [2.45, 2.75) is 13.0 Å². The van der Waals surface area contributed by atoms with Crippen molar-refractivity contribution in [1.82, 2.24) is 5.32 Å². The van der Waals surface area contributed by atoms with E-state index < -0.39 is 12.0 Å². The second-order valence-electron chi connectivity index (χ2n) is 4.26. The minimum atomic E-state index is -1.08. The number of nitrogens with one attached hydrogen (secondary N) is 2. The van der Waals surface area contributed by atoms with Crippen molar-refractivity contribution < 1.29 is 19.4 Å². The lowest BCUT2D eigenvalue weighted by Crippen LogP contribution is -2.39. The summed E-state index contributed by atoms with van der Waals surface area (Å²) in [6.07, 6.45) is 0. The molecule has 0 radical (unpaired) electrons. The lowest BCUT2D eigenvalue weighted by molar-refractivity contribution is -0.121. The van der Waals surface area contributed by atoms with Crippen LogP contribution in [-0.4, -0.2) is 43.3 Å². The number of carboxylic acids is 1. The molecular formula is C13H19N3O4. The highest BCUT2D eigenvalue weighted by molar-refractivity contribution is 5.94. The van der Waals surface area contributed by atoms with Crippen LogP contribution in [0.3, 0.4) is 0 Å². The van der Waals surface area contributed by atoms with Gasteiger partial charge in [0.05, 0.1) is 12.2 Å². The Labute approximate surface area is 117 Å². The summed E-state index contributed by atoms with van der Waals surface area (Å²) >= 11 is 0. The van der Waals surface area contributed by atoms with Crippen molar-refractivity contribution >= 4 is 23.3 Å². The second-order valence-corrected chi connectivity index (χ2v) is 4.26. The summed E-state index contributed by atoms with van der Waals surface area (Å²) in [5.74, 6) is -1.26. The van der Waals surface area contributed by atoms with E-state index in [1.165, 1.54) is 12.1 Å². The number of carbonyl (C=O) groups is 2. The molecule has 1 unspecified atom stereocenters. The summed E-state index contributed by atoms with van der Waals surface area (Å²) in [7, 11) is 1.56. The van der Waals surface area contributed by atoms with E-state index in [0.717, 1.165) is 0 Å². The summed E-state index contributed by atoms with van der Waals surface area (Å²) in [6.45, 7) is 2.57. The Balaban J connectivity index is 2.62. The smallest absolute Gasteiger partial charge is 0.337 e. The van der Waals surface area contributed by atoms with Crippen molar-refractivity contribution in [1.29, 1.82) is 0 Å². The van der Waals surface area contributed by atoms with Gasteiger partial charge in [0.2, 0.25) is 5.91 Å². The maximum Gasteiger partial charge on any atom is 0.337 e. The molecule has 1 rings (SSSR count). The predicted molar refractivity (Wildman–Crippen MR) is 75.8 cm³/mol.